The molecule has 3 heteroatoms. The van der Waals surface area contributed by atoms with Crippen LogP contribution in [0.5, 0.6) is 11.6 Å². The van der Waals surface area contributed by atoms with Gasteiger partial charge in [-0.2, -0.15) is 4.98 Å². The summed E-state index contributed by atoms with van der Waals surface area (Å²) in [5.41, 5.74) is 1.40. The quantitative estimate of drug-likeness (QED) is 0.664. The molecule has 0 radical (unpaired) electrons. The Morgan fingerprint density at radius 2 is 1.64 bits per heavy atom. The van der Waals surface area contributed by atoms with Crippen LogP contribution >= 0.6 is 0 Å². The Bertz CT molecular complexity index is 819. The zero-order valence-electron chi connectivity index (χ0n) is 13.4. The molecule has 22 heavy (non-hydrogen) atoms. The average Bonchev–Trinajstić information content (AvgIpc) is 2.46. The summed E-state index contributed by atoms with van der Waals surface area (Å²) in [7, 11) is 0. The summed E-state index contributed by atoms with van der Waals surface area (Å²) in [6.45, 7) is 8.53. The molecule has 1 aromatic heterocycles. The molecule has 0 atom stereocenters. The molecule has 3 nitrogen and oxygen atoms in total. The standard InChI is InChI=1S/C19H20N2O/c1-13-20-12-11-18(21-13)22-17-10-9-16(19(2,3)4)14-7-5-6-8-15(14)17/h5-12H,1-4H3. The zero-order chi connectivity index (χ0) is 15.7. The van der Waals surface area contributed by atoms with Crippen LogP contribution in [-0.4, -0.2) is 9.97 Å². The molecular weight excluding hydrogens is 272 g/mol. The van der Waals surface area contributed by atoms with E-state index in [9.17, 15) is 0 Å². The molecule has 0 N–H and O–H groups in total. The van der Waals surface area contributed by atoms with E-state index in [2.05, 4.69) is 55.0 Å². The maximum Gasteiger partial charge on any atom is 0.222 e. The van der Waals surface area contributed by atoms with Crippen molar-refractivity contribution >= 4 is 10.8 Å². The van der Waals surface area contributed by atoms with Crippen LogP contribution in [-0.2, 0) is 5.41 Å². The van der Waals surface area contributed by atoms with Crippen LogP contribution in [0.25, 0.3) is 10.8 Å². The minimum Gasteiger partial charge on any atom is -0.438 e. The largest absolute Gasteiger partial charge is 0.438 e. The van der Waals surface area contributed by atoms with Crippen molar-refractivity contribution < 1.29 is 4.74 Å². The van der Waals surface area contributed by atoms with Crippen molar-refractivity contribution in [1.82, 2.24) is 9.97 Å². The van der Waals surface area contributed by atoms with Crippen LogP contribution in [0.3, 0.4) is 0 Å². The molecule has 1 heterocycles. The maximum atomic E-state index is 5.99. The molecule has 0 saturated heterocycles. The van der Waals surface area contributed by atoms with Gasteiger partial charge < -0.3 is 4.74 Å². The summed E-state index contributed by atoms with van der Waals surface area (Å²) < 4.78 is 5.99. The second-order valence-electron chi connectivity index (χ2n) is 6.45. The maximum absolute atomic E-state index is 5.99. The van der Waals surface area contributed by atoms with Crippen LogP contribution in [0.15, 0.2) is 48.7 Å². The average molecular weight is 292 g/mol. The number of nitrogens with zero attached hydrogens (tertiary/aromatic N) is 2. The van der Waals surface area contributed by atoms with Gasteiger partial charge in [0, 0.05) is 17.6 Å². The molecule has 0 saturated carbocycles. The minimum absolute atomic E-state index is 0.0869. The van der Waals surface area contributed by atoms with Gasteiger partial charge in [-0.3, -0.25) is 0 Å². The first-order valence-electron chi connectivity index (χ1n) is 7.45. The van der Waals surface area contributed by atoms with Gasteiger partial charge in [-0.05, 0) is 29.4 Å². The van der Waals surface area contributed by atoms with Crippen molar-refractivity contribution in [2.24, 2.45) is 0 Å². The smallest absolute Gasteiger partial charge is 0.222 e. The molecule has 0 unspecified atom stereocenters. The Hall–Kier alpha value is -2.42. The van der Waals surface area contributed by atoms with E-state index >= 15 is 0 Å². The molecule has 2 aromatic carbocycles. The summed E-state index contributed by atoms with van der Waals surface area (Å²) in [5.74, 6) is 2.09. The van der Waals surface area contributed by atoms with Gasteiger partial charge >= 0.3 is 0 Å². The van der Waals surface area contributed by atoms with E-state index in [1.165, 1.54) is 10.9 Å². The molecule has 0 aliphatic carbocycles. The lowest BCUT2D eigenvalue weighted by Crippen LogP contribution is -2.11. The number of benzene rings is 2. The van der Waals surface area contributed by atoms with Crippen LogP contribution < -0.4 is 4.74 Å². The van der Waals surface area contributed by atoms with Gasteiger partial charge in [-0.25, -0.2) is 4.98 Å². The molecule has 3 aromatic rings. The number of fused-ring (bicyclic) bond motifs is 1. The van der Waals surface area contributed by atoms with Gasteiger partial charge in [0.05, 0.1) is 0 Å². The van der Waals surface area contributed by atoms with E-state index in [1.54, 1.807) is 12.3 Å². The van der Waals surface area contributed by atoms with Crippen LogP contribution in [0, 0.1) is 6.92 Å². The van der Waals surface area contributed by atoms with Gasteiger partial charge in [-0.1, -0.05) is 51.1 Å². The minimum atomic E-state index is 0.0869. The van der Waals surface area contributed by atoms with Gasteiger partial charge in [0.1, 0.15) is 11.6 Å². The Kier molecular flexibility index (Phi) is 3.57. The Morgan fingerprint density at radius 1 is 0.909 bits per heavy atom. The van der Waals surface area contributed by atoms with Crippen molar-refractivity contribution in [2.75, 3.05) is 0 Å². The van der Waals surface area contributed by atoms with Crippen molar-refractivity contribution in [3.63, 3.8) is 0 Å². The summed E-state index contributed by atoms with van der Waals surface area (Å²) >= 11 is 0. The van der Waals surface area contributed by atoms with Crippen molar-refractivity contribution in [1.29, 1.82) is 0 Å². The topological polar surface area (TPSA) is 35.0 Å². The van der Waals surface area contributed by atoms with Crippen LogP contribution in [0.1, 0.15) is 32.2 Å². The molecule has 0 fully saturated rings. The Morgan fingerprint density at radius 3 is 2.32 bits per heavy atom. The molecular formula is C19H20N2O. The van der Waals surface area contributed by atoms with Crippen molar-refractivity contribution in [2.45, 2.75) is 33.1 Å². The van der Waals surface area contributed by atoms with Gasteiger partial charge in [0.15, 0.2) is 0 Å². The monoisotopic (exact) mass is 292 g/mol. The number of aryl methyl sites for hydroxylation is 1. The fraction of sp³-hybridized carbons (Fsp3) is 0.263. The first-order chi connectivity index (χ1) is 10.4. The molecule has 3 rings (SSSR count). The Balaban J connectivity index is 2.12. The molecule has 112 valence electrons. The first kappa shape index (κ1) is 14.5. The fourth-order valence-corrected chi connectivity index (χ4v) is 2.62. The summed E-state index contributed by atoms with van der Waals surface area (Å²) in [6, 6.07) is 14.3. The summed E-state index contributed by atoms with van der Waals surface area (Å²) in [4.78, 5) is 8.41. The molecule has 0 spiro atoms. The van der Waals surface area contributed by atoms with Crippen LogP contribution in [0.2, 0.25) is 0 Å². The highest BCUT2D eigenvalue weighted by atomic mass is 16.5. The second kappa shape index (κ2) is 5.41. The number of rotatable bonds is 2. The molecule has 0 amide bonds. The highest BCUT2D eigenvalue weighted by Gasteiger charge is 2.18. The second-order valence-corrected chi connectivity index (χ2v) is 6.45. The van der Waals surface area contributed by atoms with E-state index in [-0.39, 0.29) is 5.41 Å². The highest BCUT2D eigenvalue weighted by molar-refractivity contribution is 5.92. The third kappa shape index (κ3) is 2.80. The van der Waals surface area contributed by atoms with Gasteiger partial charge in [0.2, 0.25) is 5.88 Å². The van der Waals surface area contributed by atoms with Crippen molar-refractivity contribution in [3.8, 4) is 11.6 Å². The third-order valence-corrected chi connectivity index (χ3v) is 3.66. The van der Waals surface area contributed by atoms with Crippen LogP contribution in [0.4, 0.5) is 0 Å². The SMILES string of the molecule is Cc1nccc(Oc2ccc(C(C)(C)C)c3ccccc23)n1. The lowest BCUT2D eigenvalue weighted by atomic mass is 9.83. The number of hydrogen-bond donors (Lipinski definition) is 0. The molecule has 0 bridgehead atoms. The lowest BCUT2D eigenvalue weighted by molar-refractivity contribution is 0.464. The van der Waals surface area contributed by atoms with Crippen molar-refractivity contribution in [3.05, 3.63) is 60.0 Å². The first-order valence-corrected chi connectivity index (χ1v) is 7.45. The predicted octanol–water partition coefficient (Wildman–Crippen LogP) is 5.03. The predicted molar refractivity (Wildman–Crippen MR) is 89.5 cm³/mol. The van der Waals surface area contributed by atoms with E-state index in [0.29, 0.717) is 11.7 Å². The number of aromatic nitrogens is 2. The van der Waals surface area contributed by atoms with E-state index in [4.69, 9.17) is 4.74 Å². The summed E-state index contributed by atoms with van der Waals surface area (Å²) in [5, 5.41) is 2.32. The summed E-state index contributed by atoms with van der Waals surface area (Å²) in [6.07, 6.45) is 1.71. The fourth-order valence-electron chi connectivity index (χ4n) is 2.62. The van der Waals surface area contributed by atoms with Gasteiger partial charge in [-0.15, -0.1) is 0 Å². The molecule has 0 aliphatic heterocycles. The Labute approximate surface area is 131 Å². The lowest BCUT2D eigenvalue weighted by Gasteiger charge is -2.22. The number of ether oxygens (including phenoxy) is 1. The van der Waals surface area contributed by atoms with E-state index in [0.717, 1.165) is 11.1 Å². The number of hydrogen-bond acceptors (Lipinski definition) is 3. The van der Waals surface area contributed by atoms with E-state index < -0.39 is 0 Å². The molecule has 0 aliphatic rings. The van der Waals surface area contributed by atoms with Gasteiger partial charge in [0.25, 0.3) is 0 Å². The normalized spacial score (nSPS) is 11.6. The third-order valence-electron chi connectivity index (χ3n) is 3.66. The highest BCUT2D eigenvalue weighted by Crippen LogP contribution is 2.36. The zero-order valence-corrected chi connectivity index (χ0v) is 13.4. The van der Waals surface area contributed by atoms with E-state index in [1.807, 2.05) is 19.1 Å².